The number of hydrogen-bond donors (Lipinski definition) is 1. The molecule has 1 aromatic carbocycles. The molecular formula is C16H23N3. The molecule has 0 saturated carbocycles. The number of nitriles is 1. The summed E-state index contributed by atoms with van der Waals surface area (Å²) < 4.78 is 0. The Bertz CT molecular complexity index is 402. The number of hydrogen-bond acceptors (Lipinski definition) is 3. The van der Waals surface area contributed by atoms with E-state index in [0.717, 1.165) is 37.7 Å². The van der Waals surface area contributed by atoms with Crippen molar-refractivity contribution < 1.29 is 0 Å². The van der Waals surface area contributed by atoms with Crippen LogP contribution in [0.15, 0.2) is 30.3 Å². The fourth-order valence-corrected chi connectivity index (χ4v) is 2.83. The molecule has 1 N–H and O–H groups in total. The van der Waals surface area contributed by atoms with Crippen molar-refractivity contribution >= 4 is 0 Å². The number of benzene rings is 1. The van der Waals surface area contributed by atoms with Gasteiger partial charge < -0.3 is 10.2 Å². The van der Waals surface area contributed by atoms with E-state index in [1.54, 1.807) is 0 Å². The number of nitrogens with zero attached hydrogens (tertiary/aromatic N) is 2. The molecule has 0 spiro atoms. The maximum atomic E-state index is 9.36. The summed E-state index contributed by atoms with van der Waals surface area (Å²) in [6.07, 6.45) is 2.49. The first-order valence-corrected chi connectivity index (χ1v) is 7.15. The molecule has 1 aromatic rings. The lowest BCUT2D eigenvalue weighted by molar-refractivity contribution is 0.181. The molecule has 0 bridgehead atoms. The van der Waals surface area contributed by atoms with Gasteiger partial charge in [-0.1, -0.05) is 30.3 Å². The third-order valence-electron chi connectivity index (χ3n) is 4.00. The van der Waals surface area contributed by atoms with Gasteiger partial charge in [0, 0.05) is 6.54 Å². The monoisotopic (exact) mass is 257 g/mol. The predicted octanol–water partition coefficient (Wildman–Crippen LogP) is 2.23. The summed E-state index contributed by atoms with van der Waals surface area (Å²) in [6.45, 7) is 4.23. The quantitative estimate of drug-likeness (QED) is 0.879. The maximum absolute atomic E-state index is 9.36. The van der Waals surface area contributed by atoms with Gasteiger partial charge in [-0.25, -0.2) is 0 Å². The fourth-order valence-electron chi connectivity index (χ4n) is 2.83. The Kier molecular flexibility index (Phi) is 5.38. The Hall–Kier alpha value is -1.37. The summed E-state index contributed by atoms with van der Waals surface area (Å²) in [6, 6.07) is 12.6. The molecule has 1 fully saturated rings. The number of piperidine rings is 1. The minimum absolute atomic E-state index is 0.00190. The van der Waals surface area contributed by atoms with Crippen LogP contribution >= 0.6 is 0 Å². The van der Waals surface area contributed by atoms with Crippen molar-refractivity contribution in [1.82, 2.24) is 10.2 Å². The minimum Gasteiger partial charge on any atom is -0.319 e. The molecule has 1 atom stereocenters. The average molecular weight is 257 g/mol. The second-order valence-corrected chi connectivity index (χ2v) is 5.39. The van der Waals surface area contributed by atoms with Crippen LogP contribution in [0, 0.1) is 17.2 Å². The third-order valence-corrected chi connectivity index (χ3v) is 4.00. The van der Waals surface area contributed by atoms with Gasteiger partial charge in [0.25, 0.3) is 0 Å². The van der Waals surface area contributed by atoms with Crippen LogP contribution in [0.4, 0.5) is 0 Å². The van der Waals surface area contributed by atoms with Crippen LogP contribution in [0.5, 0.6) is 0 Å². The highest BCUT2D eigenvalue weighted by Crippen LogP contribution is 2.21. The van der Waals surface area contributed by atoms with Crippen molar-refractivity contribution in [1.29, 1.82) is 5.26 Å². The lowest BCUT2D eigenvalue weighted by Crippen LogP contribution is -2.38. The standard InChI is InChI=1S/C16H23N3/c1-18-12-14-7-9-19(10-8-14)13-16(11-17)15-5-3-2-4-6-15/h2-6,14,16,18H,7-10,12-13H2,1H3. The van der Waals surface area contributed by atoms with E-state index in [2.05, 4.69) is 28.4 Å². The molecule has 19 heavy (non-hydrogen) atoms. The summed E-state index contributed by atoms with van der Waals surface area (Å²) in [5, 5.41) is 12.6. The Labute approximate surface area is 116 Å². The van der Waals surface area contributed by atoms with Gasteiger partial charge in [-0.3, -0.25) is 0 Å². The first kappa shape index (κ1) is 14.0. The lowest BCUT2D eigenvalue weighted by Gasteiger charge is -2.33. The predicted molar refractivity (Wildman–Crippen MR) is 77.9 cm³/mol. The van der Waals surface area contributed by atoms with Crippen LogP contribution in [0.2, 0.25) is 0 Å². The van der Waals surface area contributed by atoms with Crippen LogP contribution in [-0.2, 0) is 0 Å². The largest absolute Gasteiger partial charge is 0.319 e. The molecule has 0 aromatic heterocycles. The van der Waals surface area contributed by atoms with Gasteiger partial charge >= 0.3 is 0 Å². The zero-order chi connectivity index (χ0) is 13.5. The molecule has 1 aliphatic rings. The van der Waals surface area contributed by atoms with Gasteiger partial charge in [0.05, 0.1) is 12.0 Å². The highest BCUT2D eigenvalue weighted by atomic mass is 15.1. The molecule has 2 rings (SSSR count). The topological polar surface area (TPSA) is 39.1 Å². The first-order chi connectivity index (χ1) is 9.33. The fraction of sp³-hybridized carbons (Fsp3) is 0.562. The van der Waals surface area contributed by atoms with E-state index in [9.17, 15) is 5.26 Å². The molecule has 0 amide bonds. The van der Waals surface area contributed by atoms with Gasteiger partial charge in [-0.2, -0.15) is 5.26 Å². The Balaban J connectivity index is 1.86. The van der Waals surface area contributed by atoms with Crippen LogP contribution < -0.4 is 5.32 Å². The summed E-state index contributed by atoms with van der Waals surface area (Å²) in [4.78, 5) is 2.44. The molecule has 1 saturated heterocycles. The molecule has 1 unspecified atom stereocenters. The molecule has 102 valence electrons. The molecule has 1 heterocycles. The van der Waals surface area contributed by atoms with Gasteiger partial charge in [-0.15, -0.1) is 0 Å². The smallest absolute Gasteiger partial charge is 0.0839 e. The van der Waals surface area contributed by atoms with Crippen molar-refractivity contribution in [2.45, 2.75) is 18.8 Å². The van der Waals surface area contributed by atoms with E-state index in [1.807, 2.05) is 25.2 Å². The normalized spacial score (nSPS) is 18.9. The van der Waals surface area contributed by atoms with Crippen molar-refractivity contribution in [3.63, 3.8) is 0 Å². The first-order valence-electron chi connectivity index (χ1n) is 7.15. The van der Waals surface area contributed by atoms with Crippen molar-refractivity contribution in [2.75, 3.05) is 33.2 Å². The van der Waals surface area contributed by atoms with Crippen LogP contribution in [0.25, 0.3) is 0 Å². The molecule has 0 aliphatic carbocycles. The Morgan fingerprint density at radius 1 is 1.32 bits per heavy atom. The number of likely N-dealkylation sites (tertiary alicyclic amines) is 1. The van der Waals surface area contributed by atoms with Gasteiger partial charge in [0.15, 0.2) is 0 Å². The number of rotatable bonds is 5. The highest BCUT2D eigenvalue weighted by Gasteiger charge is 2.21. The Morgan fingerprint density at radius 2 is 2.00 bits per heavy atom. The van der Waals surface area contributed by atoms with Crippen molar-refractivity contribution in [3.8, 4) is 6.07 Å². The molecule has 3 heteroatoms. The maximum Gasteiger partial charge on any atom is 0.0839 e. The van der Waals surface area contributed by atoms with E-state index in [4.69, 9.17) is 0 Å². The highest BCUT2D eigenvalue weighted by molar-refractivity contribution is 5.25. The molecule has 0 radical (unpaired) electrons. The summed E-state index contributed by atoms with van der Waals surface area (Å²) in [5.41, 5.74) is 1.14. The zero-order valence-electron chi connectivity index (χ0n) is 11.7. The molecule has 3 nitrogen and oxygen atoms in total. The van der Waals surface area contributed by atoms with E-state index in [-0.39, 0.29) is 5.92 Å². The second-order valence-electron chi connectivity index (χ2n) is 5.39. The van der Waals surface area contributed by atoms with E-state index >= 15 is 0 Å². The third kappa shape index (κ3) is 4.05. The van der Waals surface area contributed by atoms with E-state index < -0.39 is 0 Å². The molecular weight excluding hydrogens is 234 g/mol. The van der Waals surface area contributed by atoms with Crippen LogP contribution in [0.1, 0.15) is 24.3 Å². The van der Waals surface area contributed by atoms with Gasteiger partial charge in [-0.05, 0) is 51.0 Å². The lowest BCUT2D eigenvalue weighted by atomic mass is 9.94. The summed E-state index contributed by atoms with van der Waals surface area (Å²) in [7, 11) is 2.02. The SMILES string of the molecule is CNCC1CCN(CC(C#N)c2ccccc2)CC1. The average Bonchev–Trinajstić information content (AvgIpc) is 2.48. The van der Waals surface area contributed by atoms with E-state index in [1.165, 1.54) is 12.8 Å². The number of nitrogens with one attached hydrogen (secondary N) is 1. The Morgan fingerprint density at radius 3 is 2.58 bits per heavy atom. The van der Waals surface area contributed by atoms with E-state index in [0.29, 0.717) is 0 Å². The summed E-state index contributed by atoms with van der Waals surface area (Å²) >= 11 is 0. The van der Waals surface area contributed by atoms with Crippen LogP contribution in [0.3, 0.4) is 0 Å². The second kappa shape index (κ2) is 7.28. The molecule has 1 aliphatic heterocycles. The van der Waals surface area contributed by atoms with Gasteiger partial charge in [0.2, 0.25) is 0 Å². The van der Waals surface area contributed by atoms with Crippen molar-refractivity contribution in [2.24, 2.45) is 5.92 Å². The van der Waals surface area contributed by atoms with Crippen molar-refractivity contribution in [3.05, 3.63) is 35.9 Å². The minimum atomic E-state index is 0.00190. The summed E-state index contributed by atoms with van der Waals surface area (Å²) in [5.74, 6) is 0.806. The van der Waals surface area contributed by atoms with Gasteiger partial charge in [0.1, 0.15) is 0 Å². The zero-order valence-corrected chi connectivity index (χ0v) is 11.7. The van der Waals surface area contributed by atoms with Crippen LogP contribution in [-0.4, -0.2) is 38.1 Å².